The first-order valence-electron chi connectivity index (χ1n) is 5.96. The number of esters is 1. The van der Waals surface area contributed by atoms with Crippen molar-refractivity contribution < 1.29 is 9.53 Å². The van der Waals surface area contributed by atoms with E-state index < -0.39 is 0 Å². The van der Waals surface area contributed by atoms with E-state index in [2.05, 4.69) is 11.4 Å². The van der Waals surface area contributed by atoms with Crippen LogP contribution in [-0.4, -0.2) is 26.2 Å². The molecule has 0 radical (unpaired) electrons. The number of halogens is 1. The number of rotatable bonds is 3. The Balaban J connectivity index is 2.33. The smallest absolute Gasteiger partial charge is 0.310 e. The van der Waals surface area contributed by atoms with Crippen molar-refractivity contribution in [1.29, 1.82) is 0 Å². The van der Waals surface area contributed by atoms with E-state index in [-0.39, 0.29) is 12.4 Å². The lowest BCUT2D eigenvalue weighted by Crippen LogP contribution is -2.20. The van der Waals surface area contributed by atoms with Crippen LogP contribution in [0.25, 0.3) is 5.57 Å². The quantitative estimate of drug-likeness (QED) is 0.853. The van der Waals surface area contributed by atoms with Gasteiger partial charge in [0.25, 0.3) is 0 Å². The molecule has 0 spiro atoms. The van der Waals surface area contributed by atoms with E-state index in [1.807, 2.05) is 18.2 Å². The van der Waals surface area contributed by atoms with Gasteiger partial charge in [-0.3, -0.25) is 4.79 Å². The van der Waals surface area contributed by atoms with E-state index >= 15 is 0 Å². The summed E-state index contributed by atoms with van der Waals surface area (Å²) >= 11 is 6.00. The second-order valence-electron chi connectivity index (χ2n) is 4.24. The summed E-state index contributed by atoms with van der Waals surface area (Å²) in [5, 5.41) is 3.92. The van der Waals surface area contributed by atoms with Crippen LogP contribution in [0.3, 0.4) is 0 Å². The molecule has 0 unspecified atom stereocenters. The SMILES string of the molecule is COC(=O)Cc1cc(Cl)ccc1C1=CCNCC1. The number of nitrogens with one attached hydrogen (secondary N) is 1. The van der Waals surface area contributed by atoms with Crippen molar-refractivity contribution in [3.63, 3.8) is 0 Å². The Morgan fingerprint density at radius 2 is 2.33 bits per heavy atom. The summed E-state index contributed by atoms with van der Waals surface area (Å²) < 4.78 is 4.72. The number of carbonyl (C=O) groups is 1. The predicted molar refractivity (Wildman–Crippen MR) is 72.6 cm³/mol. The van der Waals surface area contributed by atoms with Crippen LogP contribution in [0.1, 0.15) is 17.5 Å². The van der Waals surface area contributed by atoms with Crippen molar-refractivity contribution in [2.45, 2.75) is 12.8 Å². The lowest BCUT2D eigenvalue weighted by atomic mass is 9.94. The zero-order valence-corrected chi connectivity index (χ0v) is 11.1. The molecule has 0 aliphatic carbocycles. The molecular weight excluding hydrogens is 250 g/mol. The third kappa shape index (κ3) is 3.12. The Bertz CT molecular complexity index is 483. The van der Waals surface area contributed by atoms with E-state index in [1.165, 1.54) is 12.7 Å². The fourth-order valence-electron chi connectivity index (χ4n) is 2.12. The lowest BCUT2D eigenvalue weighted by molar-refractivity contribution is -0.139. The molecule has 4 heteroatoms. The summed E-state index contributed by atoms with van der Waals surface area (Å²) in [5.41, 5.74) is 3.30. The molecule has 0 saturated heterocycles. The summed E-state index contributed by atoms with van der Waals surface area (Å²) in [7, 11) is 1.40. The molecule has 1 heterocycles. The average molecular weight is 266 g/mol. The summed E-state index contributed by atoms with van der Waals surface area (Å²) in [6.45, 7) is 1.84. The third-order valence-electron chi connectivity index (χ3n) is 3.04. The van der Waals surface area contributed by atoms with Gasteiger partial charge >= 0.3 is 5.97 Å². The highest BCUT2D eigenvalue weighted by Gasteiger charge is 2.13. The van der Waals surface area contributed by atoms with Crippen molar-refractivity contribution >= 4 is 23.1 Å². The van der Waals surface area contributed by atoms with Crippen LogP contribution in [0.5, 0.6) is 0 Å². The number of carbonyl (C=O) groups excluding carboxylic acids is 1. The zero-order chi connectivity index (χ0) is 13.0. The van der Waals surface area contributed by atoms with Gasteiger partial charge in [0.2, 0.25) is 0 Å². The predicted octanol–water partition coefficient (Wildman–Crippen LogP) is 2.43. The number of hydrogen-bond acceptors (Lipinski definition) is 3. The fraction of sp³-hybridized carbons (Fsp3) is 0.357. The first-order chi connectivity index (χ1) is 8.70. The number of methoxy groups -OCH3 is 1. The van der Waals surface area contributed by atoms with Gasteiger partial charge in [-0.15, -0.1) is 0 Å². The van der Waals surface area contributed by atoms with Gasteiger partial charge in [-0.25, -0.2) is 0 Å². The van der Waals surface area contributed by atoms with Crippen LogP contribution in [0.15, 0.2) is 24.3 Å². The highest BCUT2D eigenvalue weighted by atomic mass is 35.5. The summed E-state index contributed by atoms with van der Waals surface area (Å²) in [6, 6.07) is 5.69. The minimum Gasteiger partial charge on any atom is -0.469 e. The maximum Gasteiger partial charge on any atom is 0.310 e. The molecule has 3 nitrogen and oxygen atoms in total. The molecule has 0 amide bonds. The fourth-order valence-corrected chi connectivity index (χ4v) is 2.31. The van der Waals surface area contributed by atoms with E-state index in [0.29, 0.717) is 5.02 Å². The molecule has 1 N–H and O–H groups in total. The minimum atomic E-state index is -0.243. The van der Waals surface area contributed by atoms with Gasteiger partial charge in [0.15, 0.2) is 0 Å². The van der Waals surface area contributed by atoms with E-state index in [9.17, 15) is 4.79 Å². The van der Waals surface area contributed by atoms with Gasteiger partial charge in [0.1, 0.15) is 0 Å². The molecule has 1 aliphatic heterocycles. The number of ether oxygens (including phenoxy) is 1. The van der Waals surface area contributed by atoms with Crippen LogP contribution in [-0.2, 0) is 16.0 Å². The maximum atomic E-state index is 11.4. The number of benzene rings is 1. The molecule has 18 heavy (non-hydrogen) atoms. The van der Waals surface area contributed by atoms with Crippen molar-refractivity contribution in [3.8, 4) is 0 Å². The van der Waals surface area contributed by atoms with Crippen molar-refractivity contribution in [2.75, 3.05) is 20.2 Å². The van der Waals surface area contributed by atoms with Gasteiger partial charge in [0.05, 0.1) is 13.5 Å². The van der Waals surface area contributed by atoms with Crippen LogP contribution in [0.2, 0.25) is 5.02 Å². The first kappa shape index (κ1) is 13.1. The Kier molecular flexibility index (Phi) is 4.39. The monoisotopic (exact) mass is 265 g/mol. The minimum absolute atomic E-state index is 0.243. The van der Waals surface area contributed by atoms with Crippen molar-refractivity contribution in [2.24, 2.45) is 0 Å². The molecule has 1 aliphatic rings. The van der Waals surface area contributed by atoms with E-state index in [1.54, 1.807) is 0 Å². The molecule has 0 saturated carbocycles. The van der Waals surface area contributed by atoms with Gasteiger partial charge in [0, 0.05) is 11.6 Å². The van der Waals surface area contributed by atoms with E-state index in [4.69, 9.17) is 16.3 Å². The van der Waals surface area contributed by atoms with Crippen LogP contribution in [0, 0.1) is 0 Å². The molecule has 0 atom stereocenters. The van der Waals surface area contributed by atoms with Crippen LogP contribution in [0.4, 0.5) is 0 Å². The standard InChI is InChI=1S/C14H16ClNO2/c1-18-14(17)9-11-8-12(15)2-3-13(11)10-4-6-16-7-5-10/h2-4,8,16H,5-7,9H2,1H3. The summed E-state index contributed by atoms with van der Waals surface area (Å²) in [5.74, 6) is -0.243. The third-order valence-corrected chi connectivity index (χ3v) is 3.27. The topological polar surface area (TPSA) is 38.3 Å². The van der Waals surface area contributed by atoms with Crippen molar-refractivity contribution in [3.05, 3.63) is 40.4 Å². The highest BCUT2D eigenvalue weighted by Crippen LogP contribution is 2.26. The molecule has 2 rings (SSSR count). The largest absolute Gasteiger partial charge is 0.469 e. The van der Waals surface area contributed by atoms with Gasteiger partial charge in [-0.05, 0) is 41.8 Å². The first-order valence-corrected chi connectivity index (χ1v) is 6.34. The van der Waals surface area contributed by atoms with Gasteiger partial charge < -0.3 is 10.1 Å². The molecule has 1 aromatic carbocycles. The Morgan fingerprint density at radius 3 is 3.00 bits per heavy atom. The summed E-state index contributed by atoms with van der Waals surface area (Å²) in [4.78, 5) is 11.4. The Morgan fingerprint density at radius 1 is 1.50 bits per heavy atom. The Labute approximate surface area is 112 Å². The number of hydrogen-bond donors (Lipinski definition) is 1. The van der Waals surface area contributed by atoms with Gasteiger partial charge in [-0.1, -0.05) is 23.7 Å². The molecule has 1 aromatic rings. The van der Waals surface area contributed by atoms with E-state index in [0.717, 1.165) is 30.6 Å². The normalized spacial score (nSPS) is 15.1. The second-order valence-corrected chi connectivity index (χ2v) is 4.67. The zero-order valence-electron chi connectivity index (χ0n) is 10.3. The van der Waals surface area contributed by atoms with Crippen molar-refractivity contribution in [1.82, 2.24) is 5.32 Å². The van der Waals surface area contributed by atoms with Crippen LogP contribution < -0.4 is 5.32 Å². The highest BCUT2D eigenvalue weighted by molar-refractivity contribution is 6.30. The Hall–Kier alpha value is -1.32. The molecular formula is C14H16ClNO2. The molecule has 96 valence electrons. The second kappa shape index (κ2) is 6.03. The average Bonchev–Trinajstić information content (AvgIpc) is 2.40. The molecule has 0 aromatic heterocycles. The van der Waals surface area contributed by atoms with Gasteiger partial charge in [-0.2, -0.15) is 0 Å². The van der Waals surface area contributed by atoms with Crippen LogP contribution >= 0.6 is 11.6 Å². The molecule has 0 fully saturated rings. The maximum absolute atomic E-state index is 11.4. The summed E-state index contributed by atoms with van der Waals surface area (Å²) in [6.07, 6.45) is 3.39. The lowest BCUT2D eigenvalue weighted by Gasteiger charge is -2.17. The molecule has 0 bridgehead atoms.